The van der Waals surface area contributed by atoms with E-state index in [0.29, 0.717) is 12.5 Å². The van der Waals surface area contributed by atoms with Crippen molar-refractivity contribution in [2.75, 3.05) is 0 Å². The van der Waals surface area contributed by atoms with Crippen LogP contribution >= 0.6 is 0 Å². The van der Waals surface area contributed by atoms with Gasteiger partial charge < -0.3 is 10.5 Å². The summed E-state index contributed by atoms with van der Waals surface area (Å²) >= 11 is 0. The Balaban J connectivity index is 2.20. The van der Waals surface area contributed by atoms with Gasteiger partial charge in [-0.2, -0.15) is 0 Å². The van der Waals surface area contributed by atoms with E-state index in [0.717, 1.165) is 23.5 Å². The minimum Gasteiger partial charge on any atom is -0.457 e. The third kappa shape index (κ3) is 3.40. The third-order valence-corrected chi connectivity index (χ3v) is 3.73. The Labute approximate surface area is 121 Å². The van der Waals surface area contributed by atoms with Gasteiger partial charge in [-0.05, 0) is 48.6 Å². The highest BCUT2D eigenvalue weighted by Crippen LogP contribution is 2.28. The van der Waals surface area contributed by atoms with Gasteiger partial charge in [-0.1, -0.05) is 38.1 Å². The van der Waals surface area contributed by atoms with Crippen molar-refractivity contribution in [1.29, 1.82) is 0 Å². The Kier molecular flexibility index (Phi) is 4.80. The molecule has 2 rings (SSSR count). The highest BCUT2D eigenvalue weighted by molar-refractivity contribution is 5.41. The summed E-state index contributed by atoms with van der Waals surface area (Å²) < 4.78 is 5.97. The Morgan fingerprint density at radius 3 is 2.40 bits per heavy atom. The number of aryl methyl sites for hydroxylation is 1. The maximum atomic E-state index is 5.97. The minimum absolute atomic E-state index is 0.487. The van der Waals surface area contributed by atoms with Crippen LogP contribution in [-0.4, -0.2) is 0 Å². The monoisotopic (exact) mass is 269 g/mol. The summed E-state index contributed by atoms with van der Waals surface area (Å²) in [6.07, 6.45) is 1.15. The largest absolute Gasteiger partial charge is 0.457 e. The van der Waals surface area contributed by atoms with Crippen molar-refractivity contribution in [3.63, 3.8) is 0 Å². The average Bonchev–Trinajstić information content (AvgIpc) is 2.47. The molecule has 0 saturated carbocycles. The number of hydrogen-bond acceptors (Lipinski definition) is 2. The van der Waals surface area contributed by atoms with Gasteiger partial charge in [-0.25, -0.2) is 0 Å². The van der Waals surface area contributed by atoms with Crippen molar-refractivity contribution >= 4 is 0 Å². The fourth-order valence-corrected chi connectivity index (χ4v) is 2.15. The zero-order chi connectivity index (χ0) is 14.5. The molecule has 2 heteroatoms. The fourth-order valence-electron chi connectivity index (χ4n) is 2.15. The molecule has 0 amide bonds. The van der Waals surface area contributed by atoms with E-state index in [1.807, 2.05) is 24.3 Å². The summed E-state index contributed by atoms with van der Waals surface area (Å²) in [6, 6.07) is 14.5. The predicted molar refractivity (Wildman–Crippen MR) is 84.3 cm³/mol. The second-order valence-electron chi connectivity index (χ2n) is 5.30. The van der Waals surface area contributed by atoms with Crippen molar-refractivity contribution in [2.24, 2.45) is 5.73 Å². The molecule has 2 aromatic carbocycles. The molecule has 20 heavy (non-hydrogen) atoms. The lowest BCUT2D eigenvalue weighted by Gasteiger charge is -2.13. The standard InChI is InChI=1S/C18H23NO/c1-4-14(3)15-7-9-17(10-8-15)20-18-11-13(2)5-6-16(18)12-19/h5-11,14H,4,12,19H2,1-3H3. The summed E-state index contributed by atoms with van der Waals surface area (Å²) in [4.78, 5) is 0. The second-order valence-corrected chi connectivity index (χ2v) is 5.30. The summed E-state index contributed by atoms with van der Waals surface area (Å²) in [6.45, 7) is 6.98. The third-order valence-electron chi connectivity index (χ3n) is 3.73. The topological polar surface area (TPSA) is 35.2 Å². The zero-order valence-electron chi connectivity index (χ0n) is 12.5. The van der Waals surface area contributed by atoms with Crippen molar-refractivity contribution in [1.82, 2.24) is 0 Å². The molecule has 0 fully saturated rings. The van der Waals surface area contributed by atoms with E-state index in [2.05, 4.69) is 39.0 Å². The zero-order valence-corrected chi connectivity index (χ0v) is 12.5. The van der Waals surface area contributed by atoms with Gasteiger partial charge in [-0.3, -0.25) is 0 Å². The maximum absolute atomic E-state index is 5.97. The van der Waals surface area contributed by atoms with Gasteiger partial charge in [0.15, 0.2) is 0 Å². The van der Waals surface area contributed by atoms with Gasteiger partial charge >= 0.3 is 0 Å². The van der Waals surface area contributed by atoms with Gasteiger partial charge in [0.2, 0.25) is 0 Å². The summed E-state index contributed by atoms with van der Waals surface area (Å²) in [5.41, 5.74) is 9.31. The predicted octanol–water partition coefficient (Wildman–Crippen LogP) is 4.76. The molecule has 0 aromatic heterocycles. The van der Waals surface area contributed by atoms with Gasteiger partial charge in [0.25, 0.3) is 0 Å². The van der Waals surface area contributed by atoms with Crippen LogP contribution < -0.4 is 10.5 Å². The molecular weight excluding hydrogens is 246 g/mol. The van der Waals surface area contributed by atoms with Gasteiger partial charge in [-0.15, -0.1) is 0 Å². The maximum Gasteiger partial charge on any atom is 0.132 e. The van der Waals surface area contributed by atoms with Crippen LogP contribution in [-0.2, 0) is 6.54 Å². The van der Waals surface area contributed by atoms with Crippen LogP contribution in [0.15, 0.2) is 42.5 Å². The lowest BCUT2D eigenvalue weighted by Crippen LogP contribution is -2.00. The average molecular weight is 269 g/mol. The molecule has 106 valence electrons. The van der Waals surface area contributed by atoms with Crippen LogP contribution in [0.2, 0.25) is 0 Å². The van der Waals surface area contributed by atoms with Gasteiger partial charge in [0.1, 0.15) is 11.5 Å². The van der Waals surface area contributed by atoms with Crippen LogP contribution in [0.4, 0.5) is 0 Å². The Hall–Kier alpha value is -1.80. The van der Waals surface area contributed by atoms with Crippen molar-refractivity contribution < 1.29 is 4.74 Å². The molecule has 0 radical (unpaired) electrons. The molecule has 0 bridgehead atoms. The van der Waals surface area contributed by atoms with Gasteiger partial charge in [0.05, 0.1) is 0 Å². The van der Waals surface area contributed by atoms with Crippen LogP contribution in [0.5, 0.6) is 11.5 Å². The first-order valence-electron chi connectivity index (χ1n) is 7.21. The molecule has 2 nitrogen and oxygen atoms in total. The molecule has 0 heterocycles. The van der Waals surface area contributed by atoms with E-state index in [1.165, 1.54) is 11.1 Å². The molecule has 0 aliphatic heterocycles. The highest BCUT2D eigenvalue weighted by Gasteiger charge is 2.06. The quantitative estimate of drug-likeness (QED) is 0.849. The number of ether oxygens (including phenoxy) is 1. The SMILES string of the molecule is CCC(C)c1ccc(Oc2cc(C)ccc2CN)cc1. The van der Waals surface area contributed by atoms with Crippen molar-refractivity contribution in [2.45, 2.75) is 39.7 Å². The van der Waals surface area contributed by atoms with Crippen LogP contribution in [0.3, 0.4) is 0 Å². The number of benzene rings is 2. The number of nitrogens with two attached hydrogens (primary N) is 1. The van der Waals surface area contributed by atoms with Crippen LogP contribution in [0.25, 0.3) is 0 Å². The minimum atomic E-state index is 0.487. The Morgan fingerprint density at radius 1 is 1.10 bits per heavy atom. The molecule has 2 aromatic rings. The first-order valence-corrected chi connectivity index (χ1v) is 7.21. The lowest BCUT2D eigenvalue weighted by atomic mass is 9.99. The summed E-state index contributed by atoms with van der Waals surface area (Å²) in [5, 5.41) is 0. The highest BCUT2D eigenvalue weighted by atomic mass is 16.5. The molecule has 1 atom stereocenters. The first kappa shape index (κ1) is 14.6. The van der Waals surface area contributed by atoms with E-state index in [4.69, 9.17) is 10.5 Å². The van der Waals surface area contributed by atoms with Crippen LogP contribution in [0.1, 0.15) is 42.9 Å². The van der Waals surface area contributed by atoms with E-state index < -0.39 is 0 Å². The van der Waals surface area contributed by atoms with E-state index >= 15 is 0 Å². The van der Waals surface area contributed by atoms with Gasteiger partial charge in [0, 0.05) is 12.1 Å². The molecule has 2 N–H and O–H groups in total. The Bertz CT molecular complexity index is 560. The summed E-state index contributed by atoms with van der Waals surface area (Å²) in [5.74, 6) is 2.30. The number of rotatable bonds is 5. The molecule has 0 saturated heterocycles. The Morgan fingerprint density at radius 2 is 1.80 bits per heavy atom. The smallest absolute Gasteiger partial charge is 0.132 e. The lowest BCUT2D eigenvalue weighted by molar-refractivity contribution is 0.475. The second kappa shape index (κ2) is 6.58. The van der Waals surface area contributed by atoms with Crippen LogP contribution in [0, 0.1) is 6.92 Å². The molecule has 0 aliphatic rings. The fraction of sp³-hybridized carbons (Fsp3) is 0.333. The van der Waals surface area contributed by atoms with E-state index in [9.17, 15) is 0 Å². The van der Waals surface area contributed by atoms with E-state index in [1.54, 1.807) is 0 Å². The van der Waals surface area contributed by atoms with E-state index in [-0.39, 0.29) is 0 Å². The van der Waals surface area contributed by atoms with Crippen molar-refractivity contribution in [3.8, 4) is 11.5 Å². The molecule has 0 aliphatic carbocycles. The first-order chi connectivity index (χ1) is 9.63. The molecule has 0 spiro atoms. The number of hydrogen-bond donors (Lipinski definition) is 1. The van der Waals surface area contributed by atoms with Crippen molar-refractivity contribution in [3.05, 3.63) is 59.2 Å². The molecular formula is C18H23NO. The molecule has 1 unspecified atom stereocenters. The summed E-state index contributed by atoms with van der Waals surface area (Å²) in [7, 11) is 0. The normalized spacial score (nSPS) is 12.2.